The van der Waals surface area contributed by atoms with E-state index in [0.29, 0.717) is 37.6 Å². The molecule has 1 aliphatic heterocycles. The average Bonchev–Trinajstić information content (AvgIpc) is 3.10. The van der Waals surface area contributed by atoms with Crippen LogP contribution in [0.4, 0.5) is 4.39 Å². The molecular formula is C22H28FIN4O. The zero-order chi connectivity index (χ0) is 19.9. The van der Waals surface area contributed by atoms with Crippen LogP contribution in [0, 0.1) is 12.7 Å². The Morgan fingerprint density at radius 2 is 1.86 bits per heavy atom. The predicted molar refractivity (Wildman–Crippen MR) is 125 cm³/mol. The van der Waals surface area contributed by atoms with Crippen LogP contribution in [0.3, 0.4) is 0 Å². The second kappa shape index (κ2) is 11.1. The van der Waals surface area contributed by atoms with Crippen LogP contribution in [0.15, 0.2) is 47.5 Å². The van der Waals surface area contributed by atoms with E-state index in [0.717, 1.165) is 29.7 Å². The molecule has 0 unspecified atom stereocenters. The van der Waals surface area contributed by atoms with Crippen molar-refractivity contribution in [3.8, 4) is 0 Å². The molecule has 0 atom stereocenters. The first kappa shape index (κ1) is 23.1. The monoisotopic (exact) mass is 510 g/mol. The minimum atomic E-state index is -0.195. The van der Waals surface area contributed by atoms with Crippen molar-refractivity contribution in [3.05, 3.63) is 70.5 Å². The van der Waals surface area contributed by atoms with Gasteiger partial charge in [-0.1, -0.05) is 36.4 Å². The lowest BCUT2D eigenvalue weighted by Crippen LogP contribution is -2.36. The van der Waals surface area contributed by atoms with Crippen molar-refractivity contribution in [1.82, 2.24) is 15.5 Å². The number of nitrogens with one attached hydrogen (secondary N) is 2. The molecule has 1 heterocycles. The van der Waals surface area contributed by atoms with Crippen molar-refractivity contribution in [2.45, 2.75) is 39.4 Å². The van der Waals surface area contributed by atoms with Gasteiger partial charge in [-0.15, -0.1) is 24.0 Å². The molecule has 1 saturated heterocycles. The quantitative estimate of drug-likeness (QED) is 0.354. The van der Waals surface area contributed by atoms with Gasteiger partial charge in [0.15, 0.2) is 5.96 Å². The van der Waals surface area contributed by atoms with Gasteiger partial charge in [0.05, 0.1) is 0 Å². The zero-order valence-electron chi connectivity index (χ0n) is 16.9. The predicted octanol–water partition coefficient (Wildman–Crippen LogP) is 3.74. The van der Waals surface area contributed by atoms with Crippen LogP contribution < -0.4 is 10.6 Å². The number of halogens is 2. The number of hydrogen-bond donors (Lipinski definition) is 2. The normalized spacial score (nSPS) is 14.0. The molecule has 0 saturated carbocycles. The number of hydrogen-bond acceptors (Lipinski definition) is 2. The highest BCUT2D eigenvalue weighted by Crippen LogP contribution is 2.17. The summed E-state index contributed by atoms with van der Waals surface area (Å²) in [4.78, 5) is 18.1. The Hall–Kier alpha value is -2.16. The van der Waals surface area contributed by atoms with Gasteiger partial charge in [0, 0.05) is 39.6 Å². The van der Waals surface area contributed by atoms with E-state index < -0.39 is 0 Å². The van der Waals surface area contributed by atoms with Crippen molar-refractivity contribution in [1.29, 1.82) is 0 Å². The lowest BCUT2D eigenvalue weighted by molar-refractivity contribution is -0.128. The highest BCUT2D eigenvalue weighted by atomic mass is 127. The number of aryl methyl sites for hydroxylation is 1. The molecule has 2 aromatic rings. The Kier molecular flexibility index (Phi) is 8.88. The SMILES string of the molecule is CN=C(NCc1ccc(F)c(C)c1)NCc1ccccc1CN1CCCC1=O.I. The third-order valence-electron chi connectivity index (χ3n) is 5.00. The molecule has 2 aromatic carbocycles. The molecule has 156 valence electrons. The fourth-order valence-corrected chi connectivity index (χ4v) is 3.36. The first-order chi connectivity index (χ1) is 13.6. The maximum absolute atomic E-state index is 13.4. The molecule has 0 bridgehead atoms. The summed E-state index contributed by atoms with van der Waals surface area (Å²) in [6, 6.07) is 13.2. The highest BCUT2D eigenvalue weighted by molar-refractivity contribution is 14.0. The molecule has 7 heteroatoms. The summed E-state index contributed by atoms with van der Waals surface area (Å²) in [5.74, 6) is 0.711. The van der Waals surface area contributed by atoms with Crippen molar-refractivity contribution in [2.75, 3.05) is 13.6 Å². The summed E-state index contributed by atoms with van der Waals surface area (Å²) in [5.41, 5.74) is 3.92. The van der Waals surface area contributed by atoms with Crippen LogP contribution in [0.5, 0.6) is 0 Å². The van der Waals surface area contributed by atoms with Gasteiger partial charge in [-0.05, 0) is 41.7 Å². The van der Waals surface area contributed by atoms with E-state index in [1.807, 2.05) is 23.1 Å². The van der Waals surface area contributed by atoms with Gasteiger partial charge >= 0.3 is 0 Å². The van der Waals surface area contributed by atoms with Crippen LogP contribution in [0.25, 0.3) is 0 Å². The summed E-state index contributed by atoms with van der Waals surface area (Å²) < 4.78 is 13.4. The zero-order valence-corrected chi connectivity index (χ0v) is 19.2. The standard InChI is InChI=1S/C22H27FN4O.HI/c1-16-12-17(9-10-20(16)23)13-25-22(24-2)26-14-18-6-3-4-7-19(18)15-27-11-5-8-21(27)28;/h3-4,6-7,9-10,12H,5,8,11,13-15H2,1-2H3,(H2,24,25,26);1H. The molecule has 2 N–H and O–H groups in total. The summed E-state index contributed by atoms with van der Waals surface area (Å²) in [5, 5.41) is 6.57. The van der Waals surface area contributed by atoms with Gasteiger partial charge in [0.2, 0.25) is 5.91 Å². The van der Waals surface area contributed by atoms with Gasteiger partial charge in [0.1, 0.15) is 5.82 Å². The number of guanidine groups is 1. The smallest absolute Gasteiger partial charge is 0.222 e. The minimum absolute atomic E-state index is 0. The Morgan fingerprint density at radius 1 is 1.14 bits per heavy atom. The van der Waals surface area contributed by atoms with Gasteiger partial charge in [-0.25, -0.2) is 4.39 Å². The lowest BCUT2D eigenvalue weighted by Gasteiger charge is -2.19. The van der Waals surface area contributed by atoms with Crippen LogP contribution in [0.1, 0.15) is 35.1 Å². The number of amides is 1. The van der Waals surface area contributed by atoms with E-state index in [2.05, 4.69) is 27.8 Å². The molecule has 5 nitrogen and oxygen atoms in total. The Morgan fingerprint density at radius 3 is 2.52 bits per heavy atom. The molecule has 0 aliphatic carbocycles. The van der Waals surface area contributed by atoms with Crippen molar-refractivity contribution in [2.24, 2.45) is 4.99 Å². The lowest BCUT2D eigenvalue weighted by atomic mass is 10.1. The van der Waals surface area contributed by atoms with E-state index in [1.165, 1.54) is 6.07 Å². The van der Waals surface area contributed by atoms with Crippen molar-refractivity contribution >= 4 is 35.8 Å². The Balaban J connectivity index is 0.00000300. The van der Waals surface area contributed by atoms with Gasteiger partial charge in [-0.2, -0.15) is 0 Å². The number of carbonyl (C=O) groups excluding carboxylic acids is 1. The van der Waals surface area contributed by atoms with Crippen LogP contribution in [-0.2, 0) is 24.4 Å². The largest absolute Gasteiger partial charge is 0.352 e. The van der Waals surface area contributed by atoms with E-state index in [1.54, 1.807) is 20.0 Å². The highest BCUT2D eigenvalue weighted by Gasteiger charge is 2.20. The maximum atomic E-state index is 13.4. The number of aliphatic imine (C=N–C) groups is 1. The summed E-state index contributed by atoms with van der Waals surface area (Å²) in [7, 11) is 1.72. The molecule has 1 amide bonds. The molecule has 1 aliphatic rings. The summed E-state index contributed by atoms with van der Waals surface area (Å²) in [6.07, 6.45) is 1.60. The fourth-order valence-electron chi connectivity index (χ4n) is 3.36. The number of benzene rings is 2. The topological polar surface area (TPSA) is 56.7 Å². The minimum Gasteiger partial charge on any atom is -0.352 e. The maximum Gasteiger partial charge on any atom is 0.222 e. The Labute approximate surface area is 188 Å². The molecule has 0 radical (unpaired) electrons. The first-order valence-corrected chi connectivity index (χ1v) is 9.61. The average molecular weight is 510 g/mol. The van der Waals surface area contributed by atoms with E-state index >= 15 is 0 Å². The van der Waals surface area contributed by atoms with Crippen molar-refractivity contribution < 1.29 is 9.18 Å². The number of carbonyl (C=O) groups is 1. The third kappa shape index (κ3) is 6.42. The van der Waals surface area contributed by atoms with Crippen LogP contribution in [-0.4, -0.2) is 30.4 Å². The number of rotatable bonds is 6. The molecule has 29 heavy (non-hydrogen) atoms. The summed E-state index contributed by atoms with van der Waals surface area (Å²) >= 11 is 0. The van der Waals surface area contributed by atoms with E-state index in [9.17, 15) is 9.18 Å². The third-order valence-corrected chi connectivity index (χ3v) is 5.00. The Bertz CT molecular complexity index is 872. The van der Waals surface area contributed by atoms with Crippen LogP contribution in [0.2, 0.25) is 0 Å². The number of likely N-dealkylation sites (tertiary alicyclic amines) is 1. The second-order valence-electron chi connectivity index (χ2n) is 7.05. The molecular weight excluding hydrogens is 482 g/mol. The van der Waals surface area contributed by atoms with Gasteiger partial charge < -0.3 is 15.5 Å². The van der Waals surface area contributed by atoms with Crippen LogP contribution >= 0.6 is 24.0 Å². The van der Waals surface area contributed by atoms with E-state index in [-0.39, 0.29) is 35.7 Å². The second-order valence-corrected chi connectivity index (χ2v) is 7.05. The van der Waals surface area contributed by atoms with Crippen molar-refractivity contribution in [3.63, 3.8) is 0 Å². The number of nitrogens with zero attached hydrogens (tertiary/aromatic N) is 2. The van der Waals surface area contributed by atoms with Gasteiger partial charge in [-0.3, -0.25) is 9.79 Å². The molecule has 3 rings (SSSR count). The summed E-state index contributed by atoms with van der Waals surface area (Å²) in [6.45, 7) is 4.41. The van der Waals surface area contributed by atoms with E-state index in [4.69, 9.17) is 0 Å². The molecule has 0 aromatic heterocycles. The molecule has 0 spiro atoms. The molecule has 1 fully saturated rings. The fraction of sp³-hybridized carbons (Fsp3) is 0.364. The first-order valence-electron chi connectivity index (χ1n) is 9.61. The van der Waals surface area contributed by atoms with Gasteiger partial charge in [0.25, 0.3) is 0 Å².